The number of fused-ring (bicyclic) bond motifs is 3. The molecule has 1 aromatic carbocycles. The van der Waals surface area contributed by atoms with Gasteiger partial charge < -0.3 is 4.74 Å². The largest absolute Gasteiger partial charge is 0.462 e. The Bertz CT molecular complexity index is 884. The van der Waals surface area contributed by atoms with Crippen molar-refractivity contribution in [2.24, 2.45) is 0 Å². The fourth-order valence-electron chi connectivity index (χ4n) is 2.40. The van der Waals surface area contributed by atoms with Crippen LogP contribution in [0.15, 0.2) is 23.0 Å². The normalized spacial score (nSPS) is 11.4. The molecule has 0 aliphatic rings. The summed E-state index contributed by atoms with van der Waals surface area (Å²) in [7, 11) is 0. The fourth-order valence-corrected chi connectivity index (χ4v) is 2.89. The lowest BCUT2D eigenvalue weighted by molar-refractivity contribution is 0.293. The van der Waals surface area contributed by atoms with Crippen molar-refractivity contribution in [2.45, 2.75) is 33.2 Å². The molecule has 0 atom stereocenters. The van der Waals surface area contributed by atoms with E-state index in [1.807, 2.05) is 32.0 Å². The molecule has 0 aliphatic heterocycles. The standard InChI is InChI=1S/C15H17IN4O2/c1-3-7-19-13(21)11-9-10(16)5-6-12(11)20-15(19)17-14(18-20)22-8-4-2/h5-6,9H,3-4,7-8H2,1-2H3. The van der Waals surface area contributed by atoms with E-state index in [1.54, 1.807) is 9.08 Å². The van der Waals surface area contributed by atoms with Crippen LogP contribution in [0.4, 0.5) is 0 Å². The number of hydrogen-bond acceptors (Lipinski definition) is 4. The second-order valence-corrected chi connectivity index (χ2v) is 6.32. The van der Waals surface area contributed by atoms with E-state index in [0.29, 0.717) is 30.3 Å². The van der Waals surface area contributed by atoms with Crippen LogP contribution in [0.3, 0.4) is 0 Å². The number of halogens is 1. The molecular formula is C15H17IN4O2. The number of ether oxygens (including phenoxy) is 1. The van der Waals surface area contributed by atoms with Crippen LogP contribution in [-0.4, -0.2) is 25.8 Å². The second-order valence-electron chi connectivity index (χ2n) is 5.07. The van der Waals surface area contributed by atoms with Gasteiger partial charge in [-0.25, -0.2) is 0 Å². The van der Waals surface area contributed by atoms with Gasteiger partial charge >= 0.3 is 6.01 Å². The molecule has 0 amide bonds. The molecule has 116 valence electrons. The summed E-state index contributed by atoms with van der Waals surface area (Å²) < 4.78 is 9.92. The summed E-state index contributed by atoms with van der Waals surface area (Å²) in [5.41, 5.74) is 0.726. The minimum Gasteiger partial charge on any atom is -0.462 e. The summed E-state index contributed by atoms with van der Waals surface area (Å²) in [5.74, 6) is 0.534. The summed E-state index contributed by atoms with van der Waals surface area (Å²) in [5, 5.41) is 5.07. The average Bonchev–Trinajstić information content (AvgIpc) is 2.93. The summed E-state index contributed by atoms with van der Waals surface area (Å²) in [4.78, 5) is 17.1. The number of aromatic nitrogens is 4. The molecule has 0 saturated carbocycles. The Balaban J connectivity index is 2.34. The Morgan fingerprint density at radius 2 is 2.09 bits per heavy atom. The molecule has 0 N–H and O–H groups in total. The zero-order valence-electron chi connectivity index (χ0n) is 12.5. The number of benzene rings is 1. The summed E-state index contributed by atoms with van der Waals surface area (Å²) in [6.07, 6.45) is 1.74. The highest BCUT2D eigenvalue weighted by Crippen LogP contribution is 2.18. The van der Waals surface area contributed by atoms with E-state index in [0.717, 1.165) is 21.9 Å². The maximum Gasteiger partial charge on any atom is 0.337 e. The fraction of sp³-hybridized carbons (Fsp3) is 0.400. The molecule has 7 heteroatoms. The monoisotopic (exact) mass is 412 g/mol. The van der Waals surface area contributed by atoms with Crippen LogP contribution in [0, 0.1) is 3.57 Å². The van der Waals surface area contributed by atoms with Crippen LogP contribution in [0.5, 0.6) is 6.01 Å². The topological polar surface area (TPSA) is 61.4 Å². The third kappa shape index (κ3) is 2.57. The van der Waals surface area contributed by atoms with Crippen LogP contribution in [-0.2, 0) is 6.54 Å². The highest BCUT2D eigenvalue weighted by Gasteiger charge is 2.15. The van der Waals surface area contributed by atoms with Gasteiger partial charge in [-0.3, -0.25) is 9.36 Å². The van der Waals surface area contributed by atoms with Gasteiger partial charge in [0, 0.05) is 10.1 Å². The first kappa shape index (κ1) is 15.3. The van der Waals surface area contributed by atoms with E-state index < -0.39 is 0 Å². The smallest absolute Gasteiger partial charge is 0.337 e. The van der Waals surface area contributed by atoms with Crippen molar-refractivity contribution in [2.75, 3.05) is 6.61 Å². The van der Waals surface area contributed by atoms with Gasteiger partial charge in [-0.2, -0.15) is 9.50 Å². The van der Waals surface area contributed by atoms with E-state index in [-0.39, 0.29) is 5.56 Å². The predicted molar refractivity (Wildman–Crippen MR) is 93.5 cm³/mol. The Labute approximate surface area is 141 Å². The average molecular weight is 412 g/mol. The van der Waals surface area contributed by atoms with E-state index in [1.165, 1.54) is 0 Å². The van der Waals surface area contributed by atoms with Crippen molar-refractivity contribution in [1.82, 2.24) is 19.2 Å². The van der Waals surface area contributed by atoms with Gasteiger partial charge in [-0.1, -0.05) is 13.8 Å². The summed E-state index contributed by atoms with van der Waals surface area (Å²) in [6, 6.07) is 6.07. The Kier molecular flexibility index (Phi) is 4.32. The molecule has 3 rings (SSSR count). The van der Waals surface area contributed by atoms with Crippen molar-refractivity contribution in [3.8, 4) is 6.01 Å². The highest BCUT2D eigenvalue weighted by molar-refractivity contribution is 14.1. The minimum atomic E-state index is -0.0303. The van der Waals surface area contributed by atoms with Crippen molar-refractivity contribution in [1.29, 1.82) is 0 Å². The zero-order valence-corrected chi connectivity index (χ0v) is 14.7. The number of nitrogens with zero attached hydrogens (tertiary/aromatic N) is 4. The molecule has 3 aromatic rings. The lowest BCUT2D eigenvalue weighted by Crippen LogP contribution is -2.23. The van der Waals surface area contributed by atoms with Crippen molar-refractivity contribution < 1.29 is 4.74 Å². The zero-order chi connectivity index (χ0) is 15.7. The number of aryl methyl sites for hydroxylation is 1. The van der Waals surface area contributed by atoms with Crippen LogP contribution < -0.4 is 10.3 Å². The molecule has 0 aliphatic carbocycles. The number of hydrogen-bond donors (Lipinski definition) is 0. The molecule has 2 aromatic heterocycles. The molecule has 0 spiro atoms. The predicted octanol–water partition coefficient (Wildman–Crippen LogP) is 2.85. The molecule has 0 fully saturated rings. The SMILES string of the molecule is CCCOc1nc2n(CCC)c(=O)c3cc(I)ccc3n2n1. The number of rotatable bonds is 5. The van der Waals surface area contributed by atoms with Crippen molar-refractivity contribution in [3.05, 3.63) is 32.1 Å². The molecule has 2 heterocycles. The van der Waals surface area contributed by atoms with Crippen LogP contribution in [0.25, 0.3) is 16.7 Å². The molecule has 22 heavy (non-hydrogen) atoms. The van der Waals surface area contributed by atoms with Crippen LogP contribution >= 0.6 is 22.6 Å². The van der Waals surface area contributed by atoms with Gasteiger partial charge in [-0.15, -0.1) is 5.10 Å². The van der Waals surface area contributed by atoms with E-state index in [4.69, 9.17) is 4.74 Å². The Morgan fingerprint density at radius 1 is 1.27 bits per heavy atom. The second kappa shape index (κ2) is 6.23. The molecule has 6 nitrogen and oxygen atoms in total. The first-order valence-electron chi connectivity index (χ1n) is 7.37. The first-order chi connectivity index (χ1) is 10.7. The third-order valence-electron chi connectivity index (χ3n) is 3.36. The Hall–Kier alpha value is -1.64. The van der Waals surface area contributed by atoms with Gasteiger partial charge in [0.15, 0.2) is 0 Å². The Morgan fingerprint density at radius 3 is 2.82 bits per heavy atom. The van der Waals surface area contributed by atoms with Crippen molar-refractivity contribution >= 4 is 39.3 Å². The van der Waals surface area contributed by atoms with Gasteiger partial charge in [-0.05, 0) is 53.6 Å². The molecule has 0 bridgehead atoms. The lowest BCUT2D eigenvalue weighted by Gasteiger charge is -2.08. The molecule has 0 saturated heterocycles. The maximum absolute atomic E-state index is 12.7. The highest BCUT2D eigenvalue weighted by atomic mass is 127. The van der Waals surface area contributed by atoms with E-state index in [2.05, 4.69) is 32.7 Å². The molecular weight excluding hydrogens is 395 g/mol. The van der Waals surface area contributed by atoms with Crippen LogP contribution in [0.2, 0.25) is 0 Å². The van der Waals surface area contributed by atoms with Gasteiger partial charge in [0.1, 0.15) is 0 Å². The minimum absolute atomic E-state index is 0.0303. The quantitative estimate of drug-likeness (QED) is 0.605. The molecule has 0 unspecified atom stereocenters. The van der Waals surface area contributed by atoms with Gasteiger partial charge in [0.25, 0.3) is 5.56 Å². The summed E-state index contributed by atoms with van der Waals surface area (Å²) in [6.45, 7) is 5.23. The maximum atomic E-state index is 12.7. The van der Waals surface area contributed by atoms with Gasteiger partial charge in [0.05, 0.1) is 17.5 Å². The summed E-state index contributed by atoms with van der Waals surface area (Å²) >= 11 is 2.21. The van der Waals surface area contributed by atoms with E-state index >= 15 is 0 Å². The van der Waals surface area contributed by atoms with E-state index in [9.17, 15) is 4.79 Å². The first-order valence-corrected chi connectivity index (χ1v) is 8.45. The van der Waals surface area contributed by atoms with Gasteiger partial charge in [0.2, 0.25) is 5.78 Å². The van der Waals surface area contributed by atoms with Crippen LogP contribution in [0.1, 0.15) is 26.7 Å². The molecule has 0 radical (unpaired) electrons. The third-order valence-corrected chi connectivity index (χ3v) is 4.03. The lowest BCUT2D eigenvalue weighted by atomic mass is 10.2. The van der Waals surface area contributed by atoms with Crippen molar-refractivity contribution in [3.63, 3.8) is 0 Å².